The lowest BCUT2D eigenvalue weighted by atomic mass is 10.0. The van der Waals surface area contributed by atoms with Crippen LogP contribution in [0, 0.1) is 0 Å². The number of hydrogen-bond donors (Lipinski definition) is 1. The maximum Gasteiger partial charge on any atom is 0.219 e. The van der Waals surface area contributed by atoms with Gasteiger partial charge in [-0.2, -0.15) is 0 Å². The summed E-state index contributed by atoms with van der Waals surface area (Å²) in [7, 11) is 0. The largest absolute Gasteiger partial charge is 0.368 e. The fraction of sp³-hybridized carbons (Fsp3) is 0.533. The van der Waals surface area contributed by atoms with E-state index < -0.39 is 0 Å². The fourth-order valence-corrected chi connectivity index (χ4v) is 2.45. The second-order valence-electron chi connectivity index (χ2n) is 5.10. The minimum Gasteiger partial charge on any atom is -0.368 e. The Bertz CT molecular complexity index is 422. The summed E-state index contributed by atoms with van der Waals surface area (Å²) in [6.45, 7) is 7.16. The summed E-state index contributed by atoms with van der Waals surface area (Å²) >= 11 is 0. The molecule has 0 aliphatic carbocycles. The van der Waals surface area contributed by atoms with Crippen molar-refractivity contribution < 1.29 is 4.79 Å². The molecule has 1 atom stereocenters. The van der Waals surface area contributed by atoms with E-state index in [1.807, 2.05) is 4.90 Å². The Morgan fingerprint density at radius 3 is 2.26 bits per heavy atom. The van der Waals surface area contributed by atoms with E-state index in [4.69, 9.17) is 5.73 Å². The molecule has 0 aromatic heterocycles. The Hall–Kier alpha value is -1.55. The van der Waals surface area contributed by atoms with Gasteiger partial charge in [0.25, 0.3) is 0 Å². The summed E-state index contributed by atoms with van der Waals surface area (Å²) in [6.07, 6.45) is 0.955. The Labute approximate surface area is 115 Å². The number of anilines is 1. The number of rotatable bonds is 3. The van der Waals surface area contributed by atoms with Gasteiger partial charge in [0.2, 0.25) is 5.91 Å². The van der Waals surface area contributed by atoms with Crippen LogP contribution in [0.2, 0.25) is 0 Å². The molecule has 1 aliphatic rings. The SMILES string of the molecule is CC[C@H](N)c1ccc(N2CCN(C(C)=O)CC2)cc1. The van der Waals surface area contributed by atoms with Crippen LogP contribution in [0.1, 0.15) is 31.9 Å². The zero-order chi connectivity index (χ0) is 13.8. The van der Waals surface area contributed by atoms with E-state index in [2.05, 4.69) is 36.1 Å². The van der Waals surface area contributed by atoms with Gasteiger partial charge in [-0.1, -0.05) is 19.1 Å². The highest BCUT2D eigenvalue weighted by Crippen LogP contribution is 2.20. The number of benzene rings is 1. The summed E-state index contributed by atoms with van der Waals surface area (Å²) in [5.41, 5.74) is 8.42. The van der Waals surface area contributed by atoms with E-state index in [0.717, 1.165) is 32.6 Å². The lowest BCUT2D eigenvalue weighted by Crippen LogP contribution is -2.48. The molecule has 2 N–H and O–H groups in total. The molecule has 4 nitrogen and oxygen atoms in total. The summed E-state index contributed by atoms with van der Waals surface area (Å²) < 4.78 is 0. The Morgan fingerprint density at radius 1 is 1.21 bits per heavy atom. The molecule has 4 heteroatoms. The summed E-state index contributed by atoms with van der Waals surface area (Å²) in [5.74, 6) is 0.170. The van der Waals surface area contributed by atoms with Gasteiger partial charge in [-0.3, -0.25) is 4.79 Å². The predicted molar refractivity (Wildman–Crippen MR) is 78.1 cm³/mol. The lowest BCUT2D eigenvalue weighted by Gasteiger charge is -2.35. The minimum atomic E-state index is 0.128. The molecule has 0 radical (unpaired) electrons. The first-order valence-corrected chi connectivity index (χ1v) is 6.97. The van der Waals surface area contributed by atoms with E-state index in [-0.39, 0.29) is 11.9 Å². The van der Waals surface area contributed by atoms with Crippen molar-refractivity contribution in [1.82, 2.24) is 4.90 Å². The number of piperazine rings is 1. The van der Waals surface area contributed by atoms with E-state index in [9.17, 15) is 4.79 Å². The molecule has 104 valence electrons. The number of carbonyl (C=O) groups excluding carboxylic acids is 1. The molecule has 1 heterocycles. The van der Waals surface area contributed by atoms with E-state index >= 15 is 0 Å². The number of nitrogens with two attached hydrogens (primary N) is 1. The number of amides is 1. The Morgan fingerprint density at radius 2 is 1.79 bits per heavy atom. The van der Waals surface area contributed by atoms with Crippen molar-refractivity contribution in [2.75, 3.05) is 31.1 Å². The highest BCUT2D eigenvalue weighted by molar-refractivity contribution is 5.73. The zero-order valence-corrected chi connectivity index (χ0v) is 11.8. The Kier molecular flexibility index (Phi) is 4.43. The quantitative estimate of drug-likeness (QED) is 0.902. The molecule has 1 aromatic carbocycles. The third kappa shape index (κ3) is 3.26. The van der Waals surface area contributed by atoms with E-state index in [0.29, 0.717) is 0 Å². The van der Waals surface area contributed by atoms with Crippen LogP contribution < -0.4 is 10.6 Å². The number of nitrogens with zero attached hydrogens (tertiary/aromatic N) is 2. The number of carbonyl (C=O) groups is 1. The predicted octanol–water partition coefficient (Wildman–Crippen LogP) is 1.76. The minimum absolute atomic E-state index is 0.128. The van der Waals surface area contributed by atoms with Crippen LogP contribution in [0.4, 0.5) is 5.69 Å². The van der Waals surface area contributed by atoms with Crippen molar-refractivity contribution in [2.24, 2.45) is 5.73 Å². The Balaban J connectivity index is 1.98. The van der Waals surface area contributed by atoms with Crippen LogP contribution in [0.15, 0.2) is 24.3 Å². The molecule has 2 rings (SSSR count). The molecule has 1 saturated heterocycles. The molecule has 19 heavy (non-hydrogen) atoms. The molecule has 1 aromatic rings. The molecule has 0 spiro atoms. The summed E-state index contributed by atoms with van der Waals surface area (Å²) in [6, 6.07) is 8.62. The molecule has 1 amide bonds. The van der Waals surface area contributed by atoms with Gasteiger partial charge in [0, 0.05) is 44.8 Å². The average Bonchev–Trinajstić information content (AvgIpc) is 2.46. The average molecular weight is 261 g/mol. The van der Waals surface area contributed by atoms with Crippen LogP contribution in [0.3, 0.4) is 0 Å². The second kappa shape index (κ2) is 6.06. The van der Waals surface area contributed by atoms with Crippen molar-refractivity contribution in [2.45, 2.75) is 26.3 Å². The van der Waals surface area contributed by atoms with Crippen LogP contribution >= 0.6 is 0 Å². The molecule has 0 saturated carbocycles. The smallest absolute Gasteiger partial charge is 0.219 e. The lowest BCUT2D eigenvalue weighted by molar-refractivity contribution is -0.129. The molecule has 1 aliphatic heterocycles. The highest BCUT2D eigenvalue weighted by Gasteiger charge is 2.18. The van der Waals surface area contributed by atoms with Gasteiger partial charge in [0.15, 0.2) is 0 Å². The van der Waals surface area contributed by atoms with Gasteiger partial charge in [0.05, 0.1) is 0 Å². The van der Waals surface area contributed by atoms with Crippen LogP contribution in [0.25, 0.3) is 0 Å². The van der Waals surface area contributed by atoms with Gasteiger partial charge < -0.3 is 15.5 Å². The van der Waals surface area contributed by atoms with Crippen molar-refractivity contribution in [3.05, 3.63) is 29.8 Å². The monoisotopic (exact) mass is 261 g/mol. The van der Waals surface area contributed by atoms with Crippen molar-refractivity contribution in [3.8, 4) is 0 Å². The van der Waals surface area contributed by atoms with Crippen molar-refractivity contribution in [3.63, 3.8) is 0 Å². The summed E-state index contributed by atoms with van der Waals surface area (Å²) in [4.78, 5) is 15.5. The third-order valence-corrected chi connectivity index (χ3v) is 3.85. The molecule has 1 fully saturated rings. The summed E-state index contributed by atoms with van der Waals surface area (Å²) in [5, 5.41) is 0. The van der Waals surface area contributed by atoms with Gasteiger partial charge in [-0.15, -0.1) is 0 Å². The van der Waals surface area contributed by atoms with Gasteiger partial charge in [-0.25, -0.2) is 0 Å². The van der Waals surface area contributed by atoms with Crippen molar-refractivity contribution in [1.29, 1.82) is 0 Å². The first-order chi connectivity index (χ1) is 9.11. The van der Waals surface area contributed by atoms with Gasteiger partial charge >= 0.3 is 0 Å². The topological polar surface area (TPSA) is 49.6 Å². The first-order valence-electron chi connectivity index (χ1n) is 6.97. The van der Waals surface area contributed by atoms with Gasteiger partial charge in [-0.05, 0) is 24.1 Å². The van der Waals surface area contributed by atoms with E-state index in [1.165, 1.54) is 11.3 Å². The normalized spacial score (nSPS) is 17.4. The van der Waals surface area contributed by atoms with Gasteiger partial charge in [0.1, 0.15) is 0 Å². The number of hydrogen-bond acceptors (Lipinski definition) is 3. The van der Waals surface area contributed by atoms with Crippen molar-refractivity contribution >= 4 is 11.6 Å². The van der Waals surface area contributed by atoms with E-state index in [1.54, 1.807) is 6.92 Å². The third-order valence-electron chi connectivity index (χ3n) is 3.85. The molecule has 0 unspecified atom stereocenters. The maximum absolute atomic E-state index is 11.3. The van der Waals surface area contributed by atoms with Crippen LogP contribution in [-0.2, 0) is 4.79 Å². The highest BCUT2D eigenvalue weighted by atomic mass is 16.2. The first kappa shape index (κ1) is 13.9. The molecular formula is C15H23N3O. The molecular weight excluding hydrogens is 238 g/mol. The fourth-order valence-electron chi connectivity index (χ4n) is 2.45. The van der Waals surface area contributed by atoms with Crippen LogP contribution in [0.5, 0.6) is 0 Å². The second-order valence-corrected chi connectivity index (χ2v) is 5.10. The maximum atomic E-state index is 11.3. The standard InChI is InChI=1S/C15H23N3O/c1-3-15(16)13-4-6-14(7-5-13)18-10-8-17(9-11-18)12(2)19/h4-7,15H,3,8-11,16H2,1-2H3/t15-/m0/s1. The van der Waals surface area contributed by atoms with Crippen LogP contribution in [-0.4, -0.2) is 37.0 Å². The zero-order valence-electron chi connectivity index (χ0n) is 11.8. The molecule has 0 bridgehead atoms.